The van der Waals surface area contributed by atoms with Gasteiger partial charge < -0.3 is 10.0 Å². The first-order chi connectivity index (χ1) is 18.8. The molecule has 0 unspecified atom stereocenters. The van der Waals surface area contributed by atoms with Crippen molar-refractivity contribution < 1.29 is 14.7 Å². The van der Waals surface area contributed by atoms with Crippen molar-refractivity contribution in [1.82, 2.24) is 9.47 Å². The summed E-state index contributed by atoms with van der Waals surface area (Å²) in [6.45, 7) is 6.60. The maximum atomic E-state index is 13.4. The van der Waals surface area contributed by atoms with Crippen LogP contribution in [0.15, 0.2) is 9.70 Å². The number of hydrogen-bond acceptors (Lipinski definition) is 7. The molecule has 0 radical (unpaired) electrons. The van der Waals surface area contributed by atoms with E-state index < -0.39 is 5.97 Å². The molecule has 8 nitrogen and oxygen atoms in total. The highest BCUT2D eigenvalue weighted by atomic mass is 32.2. The molecule has 1 N–H and O–H groups in total. The Bertz CT molecular complexity index is 1200. The topological polar surface area (TPSA) is 107 Å². The van der Waals surface area contributed by atoms with Gasteiger partial charge in [-0.1, -0.05) is 69.4 Å². The van der Waals surface area contributed by atoms with Crippen molar-refractivity contribution in [2.75, 3.05) is 24.5 Å². The van der Waals surface area contributed by atoms with Crippen LogP contribution in [0.1, 0.15) is 101 Å². The van der Waals surface area contributed by atoms with Gasteiger partial charge in [-0.05, 0) is 50.7 Å². The number of anilines is 1. The van der Waals surface area contributed by atoms with Crippen LogP contribution in [0.3, 0.4) is 0 Å². The van der Waals surface area contributed by atoms with Crippen molar-refractivity contribution in [3.8, 4) is 6.07 Å². The number of unbranched alkanes of at least 4 members (excludes halogenated alkanes) is 7. The van der Waals surface area contributed by atoms with E-state index in [4.69, 9.17) is 17.3 Å². The zero-order valence-corrected chi connectivity index (χ0v) is 24.8. The van der Waals surface area contributed by atoms with Gasteiger partial charge in [0.15, 0.2) is 0 Å². The highest BCUT2D eigenvalue weighted by molar-refractivity contribution is 8.26. The number of carbonyl (C=O) groups is 2. The predicted molar refractivity (Wildman–Crippen MR) is 161 cm³/mol. The number of nitrogens with zero attached hydrogens (tertiary/aromatic N) is 4. The Morgan fingerprint density at radius 3 is 2.26 bits per heavy atom. The minimum absolute atomic E-state index is 0.109. The van der Waals surface area contributed by atoms with Gasteiger partial charge in [-0.25, -0.2) is 0 Å². The summed E-state index contributed by atoms with van der Waals surface area (Å²) in [6.07, 6.45) is 12.9. The molecule has 1 aromatic heterocycles. The fraction of sp³-hybridized carbons (Fsp3) is 0.621. The van der Waals surface area contributed by atoms with Crippen LogP contribution in [-0.4, -0.2) is 50.4 Å². The summed E-state index contributed by atoms with van der Waals surface area (Å²) >= 11 is 6.86. The number of pyridine rings is 1. The lowest BCUT2D eigenvalue weighted by Crippen LogP contribution is -2.33. The third kappa shape index (κ3) is 7.95. The van der Waals surface area contributed by atoms with E-state index >= 15 is 0 Å². The Labute approximate surface area is 241 Å². The minimum Gasteiger partial charge on any atom is -0.481 e. The molecule has 0 saturated carbocycles. The molecule has 0 bridgehead atoms. The molecule has 212 valence electrons. The van der Waals surface area contributed by atoms with E-state index in [1.807, 2.05) is 13.0 Å². The molecule has 1 aromatic rings. The van der Waals surface area contributed by atoms with E-state index in [1.54, 1.807) is 16.4 Å². The molecule has 0 aliphatic carbocycles. The molecule has 1 amide bonds. The molecule has 10 heteroatoms. The fourth-order valence-corrected chi connectivity index (χ4v) is 6.57. The summed E-state index contributed by atoms with van der Waals surface area (Å²) in [7, 11) is 0. The molecule has 2 aliphatic rings. The number of rotatable bonds is 15. The lowest BCUT2D eigenvalue weighted by Gasteiger charge is -2.26. The lowest BCUT2D eigenvalue weighted by molar-refractivity contribution is -0.137. The number of thiocarbonyl (C=S) groups is 1. The maximum Gasteiger partial charge on any atom is 0.303 e. The van der Waals surface area contributed by atoms with Crippen molar-refractivity contribution in [3.05, 3.63) is 31.9 Å². The first kappa shape index (κ1) is 30.9. The third-order valence-corrected chi connectivity index (χ3v) is 8.75. The fourth-order valence-electron chi connectivity index (χ4n) is 5.28. The minimum atomic E-state index is -0.727. The molecule has 2 saturated heterocycles. The van der Waals surface area contributed by atoms with Gasteiger partial charge in [-0.15, -0.1) is 0 Å². The molecule has 0 atom stereocenters. The largest absolute Gasteiger partial charge is 0.481 e. The van der Waals surface area contributed by atoms with E-state index in [9.17, 15) is 19.6 Å². The molecular formula is C29H40N4O4S2. The van der Waals surface area contributed by atoms with Crippen LogP contribution in [-0.2, 0) is 16.1 Å². The van der Waals surface area contributed by atoms with Gasteiger partial charge in [0.2, 0.25) is 0 Å². The van der Waals surface area contributed by atoms with E-state index in [2.05, 4.69) is 11.0 Å². The third-order valence-electron chi connectivity index (χ3n) is 7.37. The quantitative estimate of drug-likeness (QED) is 0.159. The zero-order valence-electron chi connectivity index (χ0n) is 23.2. The summed E-state index contributed by atoms with van der Waals surface area (Å²) in [4.78, 5) is 41.6. The van der Waals surface area contributed by atoms with Gasteiger partial charge in [-0.3, -0.25) is 23.9 Å². The number of amides is 1. The van der Waals surface area contributed by atoms with Gasteiger partial charge in [0.25, 0.3) is 11.5 Å². The molecule has 0 aromatic carbocycles. The van der Waals surface area contributed by atoms with Crippen molar-refractivity contribution in [3.63, 3.8) is 0 Å². The van der Waals surface area contributed by atoms with Gasteiger partial charge in [-0.2, -0.15) is 5.26 Å². The standard InChI is InChI=1S/C29H40N4O4S2/c1-3-15-32-26(31-16-12-13-17-31)22(21(2)23(20-30)27(32)36)19-24-28(37)33(29(38)39-24)18-11-9-7-5-4-6-8-10-14-25(34)35/h19H,3-18H2,1-2H3,(H,34,35). The van der Waals surface area contributed by atoms with Crippen molar-refractivity contribution in [2.24, 2.45) is 0 Å². The Hall–Kier alpha value is -2.64. The maximum absolute atomic E-state index is 13.4. The number of aliphatic carboxylic acids is 1. The van der Waals surface area contributed by atoms with E-state index in [0.29, 0.717) is 27.9 Å². The molecule has 0 spiro atoms. The summed E-state index contributed by atoms with van der Waals surface area (Å²) < 4.78 is 2.27. The van der Waals surface area contributed by atoms with Crippen LogP contribution in [0.25, 0.3) is 6.08 Å². The second-order valence-electron chi connectivity index (χ2n) is 10.3. The number of thioether (sulfide) groups is 1. The van der Waals surface area contributed by atoms with Gasteiger partial charge in [0, 0.05) is 38.2 Å². The summed E-state index contributed by atoms with van der Waals surface area (Å²) in [6, 6.07) is 2.10. The lowest BCUT2D eigenvalue weighted by atomic mass is 10.0. The predicted octanol–water partition coefficient (Wildman–Crippen LogP) is 5.84. The van der Waals surface area contributed by atoms with Crippen LogP contribution < -0.4 is 10.5 Å². The number of carboxylic acid groups (broad SMARTS) is 1. The number of hydrogen-bond donors (Lipinski definition) is 1. The van der Waals surface area contributed by atoms with E-state index in [1.165, 1.54) is 11.8 Å². The molecule has 39 heavy (non-hydrogen) atoms. The zero-order chi connectivity index (χ0) is 28.4. The van der Waals surface area contributed by atoms with Crippen molar-refractivity contribution in [1.29, 1.82) is 5.26 Å². The Kier molecular flexibility index (Phi) is 12.1. The normalized spacial score (nSPS) is 16.5. The van der Waals surface area contributed by atoms with Crippen LogP contribution in [0.4, 0.5) is 5.82 Å². The van der Waals surface area contributed by atoms with Crippen LogP contribution in [0.5, 0.6) is 0 Å². The Morgan fingerprint density at radius 1 is 1.05 bits per heavy atom. The molecule has 2 fully saturated rings. The van der Waals surface area contributed by atoms with Crippen molar-refractivity contribution >= 4 is 52.1 Å². The van der Waals surface area contributed by atoms with Crippen molar-refractivity contribution in [2.45, 2.75) is 97.4 Å². The highest BCUT2D eigenvalue weighted by Crippen LogP contribution is 2.36. The second-order valence-corrected chi connectivity index (χ2v) is 12.0. The molecule has 3 heterocycles. The first-order valence-corrected chi connectivity index (χ1v) is 15.4. The van der Waals surface area contributed by atoms with Crippen LogP contribution in [0, 0.1) is 18.3 Å². The first-order valence-electron chi connectivity index (χ1n) is 14.2. The SMILES string of the molecule is CCCn1c(N2CCCC2)c(C=C2SC(=S)N(CCCCCCCCCCC(=O)O)C2=O)c(C)c(C#N)c1=O. The number of nitriles is 1. The monoisotopic (exact) mass is 572 g/mol. The van der Waals surface area contributed by atoms with Gasteiger partial charge in [0.1, 0.15) is 21.8 Å². The number of carboxylic acids is 1. The summed E-state index contributed by atoms with van der Waals surface area (Å²) in [5.41, 5.74) is 1.26. The molecular weight excluding hydrogens is 532 g/mol. The Balaban J connectivity index is 1.68. The van der Waals surface area contributed by atoms with Gasteiger partial charge in [0.05, 0.1) is 4.91 Å². The smallest absolute Gasteiger partial charge is 0.303 e. The second kappa shape index (κ2) is 15.2. The average Bonchev–Trinajstić information content (AvgIpc) is 3.52. The van der Waals surface area contributed by atoms with E-state index in [0.717, 1.165) is 95.1 Å². The highest BCUT2D eigenvalue weighted by Gasteiger charge is 2.33. The van der Waals surface area contributed by atoms with Gasteiger partial charge >= 0.3 is 5.97 Å². The van der Waals surface area contributed by atoms with Crippen LogP contribution in [0.2, 0.25) is 0 Å². The molecule has 2 aliphatic heterocycles. The van der Waals surface area contributed by atoms with E-state index in [-0.39, 0.29) is 23.5 Å². The summed E-state index contributed by atoms with van der Waals surface area (Å²) in [5.74, 6) is -0.0267. The average molecular weight is 573 g/mol. The number of carbonyl (C=O) groups excluding carboxylic acids is 1. The Morgan fingerprint density at radius 2 is 1.67 bits per heavy atom. The number of aromatic nitrogens is 1. The van der Waals surface area contributed by atoms with Crippen LogP contribution >= 0.6 is 24.0 Å². The molecule has 3 rings (SSSR count). The summed E-state index contributed by atoms with van der Waals surface area (Å²) in [5, 5.41) is 18.5.